The van der Waals surface area contributed by atoms with E-state index in [-0.39, 0.29) is 21.7 Å². The molecule has 0 aliphatic carbocycles. The molecule has 2 N–H and O–H groups in total. The Morgan fingerprint density at radius 3 is 2.29 bits per heavy atom. The zero-order valence-corrected chi connectivity index (χ0v) is 15.4. The molecule has 0 unspecified atom stereocenters. The maximum absolute atomic E-state index is 13.2. The summed E-state index contributed by atoms with van der Waals surface area (Å²) in [6.07, 6.45) is -2.14. The molecule has 0 aliphatic heterocycles. The summed E-state index contributed by atoms with van der Waals surface area (Å²) < 4.78 is 62.4. The molecule has 0 bridgehead atoms. The Kier molecular flexibility index (Phi) is 5.03. The summed E-state index contributed by atoms with van der Waals surface area (Å²) in [5.41, 5.74) is -0.216. The van der Waals surface area contributed by atoms with Gasteiger partial charge in [0.15, 0.2) is 9.84 Å². The molecule has 5 nitrogen and oxygen atoms in total. The second kappa shape index (κ2) is 7.16. The number of aromatic amines is 1. The Hall–Kier alpha value is -3.07. The van der Waals surface area contributed by atoms with Crippen LogP contribution in [-0.4, -0.2) is 25.6 Å². The Morgan fingerprint density at radius 2 is 1.68 bits per heavy atom. The first kappa shape index (κ1) is 19.7. The van der Waals surface area contributed by atoms with Gasteiger partial charge in [-0.25, -0.2) is 8.42 Å². The van der Waals surface area contributed by atoms with Gasteiger partial charge < -0.3 is 10.3 Å². The molecule has 0 spiro atoms. The van der Waals surface area contributed by atoms with Gasteiger partial charge in [0, 0.05) is 29.4 Å². The molecule has 3 rings (SSSR count). The van der Waals surface area contributed by atoms with E-state index >= 15 is 0 Å². The number of sulfone groups is 1. The van der Waals surface area contributed by atoms with Crippen molar-refractivity contribution in [2.45, 2.75) is 11.1 Å². The fourth-order valence-corrected chi connectivity index (χ4v) is 3.27. The number of anilines is 1. The Bertz CT molecular complexity index is 1120. The van der Waals surface area contributed by atoms with Crippen molar-refractivity contribution in [1.29, 1.82) is 0 Å². The molecule has 0 atom stereocenters. The summed E-state index contributed by atoms with van der Waals surface area (Å²) in [7, 11) is -3.35. The number of hydrogen-bond acceptors (Lipinski definition) is 3. The van der Waals surface area contributed by atoms with Gasteiger partial charge in [-0.1, -0.05) is 18.2 Å². The van der Waals surface area contributed by atoms with Gasteiger partial charge in [-0.05, 0) is 36.4 Å². The number of rotatable bonds is 4. The number of halogens is 3. The van der Waals surface area contributed by atoms with Crippen LogP contribution in [0.3, 0.4) is 0 Å². The van der Waals surface area contributed by atoms with Crippen molar-refractivity contribution in [3.63, 3.8) is 0 Å². The van der Waals surface area contributed by atoms with Crippen LogP contribution in [0.5, 0.6) is 0 Å². The van der Waals surface area contributed by atoms with Crippen molar-refractivity contribution in [1.82, 2.24) is 4.98 Å². The molecule has 1 amide bonds. The van der Waals surface area contributed by atoms with Crippen LogP contribution in [0.15, 0.2) is 65.7 Å². The smallest absolute Gasteiger partial charge is 0.360 e. The quantitative estimate of drug-likeness (QED) is 0.673. The Labute approximate surface area is 159 Å². The van der Waals surface area contributed by atoms with Crippen LogP contribution in [0.25, 0.3) is 11.3 Å². The standard InChI is InChI=1S/C19H15F3N2O3S/c1-28(26,27)14-8-6-13(7-9-14)24-18(25)12-10-17(23-11-12)15-4-2-3-5-16(15)19(20,21)22/h2-11,23H,1H3,(H,24,25). The van der Waals surface area contributed by atoms with Gasteiger partial charge in [-0.3, -0.25) is 4.79 Å². The number of benzene rings is 2. The van der Waals surface area contributed by atoms with Gasteiger partial charge in [0.05, 0.1) is 16.0 Å². The van der Waals surface area contributed by atoms with Crippen LogP contribution in [0, 0.1) is 0 Å². The van der Waals surface area contributed by atoms with Crippen LogP contribution < -0.4 is 5.32 Å². The lowest BCUT2D eigenvalue weighted by atomic mass is 10.0. The van der Waals surface area contributed by atoms with Crippen molar-refractivity contribution in [2.24, 2.45) is 0 Å². The van der Waals surface area contributed by atoms with E-state index in [0.717, 1.165) is 12.3 Å². The molecule has 0 fully saturated rings. The SMILES string of the molecule is CS(=O)(=O)c1ccc(NC(=O)c2c[nH]c(-c3ccccc3C(F)(F)F)c2)cc1. The summed E-state index contributed by atoms with van der Waals surface area (Å²) in [5, 5.41) is 2.57. The lowest BCUT2D eigenvalue weighted by Crippen LogP contribution is -2.11. The summed E-state index contributed by atoms with van der Waals surface area (Å²) in [6, 6.07) is 12.0. The highest BCUT2D eigenvalue weighted by Crippen LogP contribution is 2.36. The van der Waals surface area contributed by atoms with Gasteiger partial charge in [0.2, 0.25) is 0 Å². The number of carbonyl (C=O) groups is 1. The Balaban J connectivity index is 1.82. The van der Waals surface area contributed by atoms with Gasteiger partial charge in [-0.15, -0.1) is 0 Å². The lowest BCUT2D eigenvalue weighted by Gasteiger charge is -2.11. The minimum atomic E-state index is -4.52. The second-order valence-electron chi connectivity index (χ2n) is 6.10. The van der Waals surface area contributed by atoms with Crippen molar-refractivity contribution < 1.29 is 26.4 Å². The average Bonchev–Trinajstić information content (AvgIpc) is 3.11. The average molecular weight is 408 g/mol. The van der Waals surface area contributed by atoms with E-state index in [9.17, 15) is 26.4 Å². The van der Waals surface area contributed by atoms with E-state index in [1.807, 2.05) is 0 Å². The van der Waals surface area contributed by atoms with E-state index < -0.39 is 27.5 Å². The van der Waals surface area contributed by atoms with E-state index in [2.05, 4.69) is 10.3 Å². The second-order valence-corrected chi connectivity index (χ2v) is 8.11. The molecule has 9 heteroatoms. The topological polar surface area (TPSA) is 79.0 Å². The predicted molar refractivity (Wildman–Crippen MR) is 98.7 cm³/mol. The summed E-state index contributed by atoms with van der Waals surface area (Å²) in [6.45, 7) is 0. The zero-order chi connectivity index (χ0) is 20.5. The minimum Gasteiger partial charge on any atom is -0.360 e. The molecule has 3 aromatic rings. The summed E-state index contributed by atoms with van der Waals surface area (Å²) >= 11 is 0. The van der Waals surface area contributed by atoms with E-state index in [4.69, 9.17) is 0 Å². The molecule has 0 saturated carbocycles. The molecule has 1 aromatic heterocycles. The maximum Gasteiger partial charge on any atom is 0.417 e. The maximum atomic E-state index is 13.2. The van der Waals surface area contributed by atoms with Gasteiger partial charge in [0.1, 0.15) is 0 Å². The number of alkyl halides is 3. The third-order valence-electron chi connectivity index (χ3n) is 4.01. The van der Waals surface area contributed by atoms with E-state index in [1.165, 1.54) is 54.7 Å². The molecular weight excluding hydrogens is 393 g/mol. The molecule has 2 aromatic carbocycles. The van der Waals surface area contributed by atoms with Crippen LogP contribution in [0.1, 0.15) is 15.9 Å². The summed E-state index contributed by atoms with van der Waals surface area (Å²) in [5.74, 6) is -0.543. The van der Waals surface area contributed by atoms with E-state index in [1.54, 1.807) is 0 Å². The lowest BCUT2D eigenvalue weighted by molar-refractivity contribution is -0.137. The number of carbonyl (C=O) groups excluding carboxylic acids is 1. The number of hydrogen-bond donors (Lipinski definition) is 2. The van der Waals surface area contributed by atoms with Gasteiger partial charge in [-0.2, -0.15) is 13.2 Å². The minimum absolute atomic E-state index is 0.0634. The van der Waals surface area contributed by atoms with Gasteiger partial charge in [0.25, 0.3) is 5.91 Å². The monoisotopic (exact) mass is 408 g/mol. The van der Waals surface area contributed by atoms with Crippen LogP contribution in [0.2, 0.25) is 0 Å². The van der Waals surface area contributed by atoms with Gasteiger partial charge >= 0.3 is 6.18 Å². The fourth-order valence-electron chi connectivity index (χ4n) is 2.63. The largest absolute Gasteiger partial charge is 0.417 e. The molecule has 0 radical (unpaired) electrons. The first-order valence-electron chi connectivity index (χ1n) is 8.02. The first-order chi connectivity index (χ1) is 13.1. The number of H-pyrrole nitrogens is 1. The molecule has 0 aliphatic rings. The van der Waals surface area contributed by atoms with Crippen molar-refractivity contribution >= 4 is 21.4 Å². The highest BCUT2D eigenvalue weighted by molar-refractivity contribution is 7.90. The number of nitrogens with one attached hydrogen (secondary N) is 2. The van der Waals surface area contributed by atoms with Crippen molar-refractivity contribution in [3.05, 3.63) is 71.9 Å². The Morgan fingerprint density at radius 1 is 1.04 bits per heavy atom. The molecule has 28 heavy (non-hydrogen) atoms. The molecule has 1 heterocycles. The van der Waals surface area contributed by atoms with Crippen LogP contribution in [0.4, 0.5) is 18.9 Å². The van der Waals surface area contributed by atoms with Crippen molar-refractivity contribution in [3.8, 4) is 11.3 Å². The fraction of sp³-hybridized carbons (Fsp3) is 0.105. The number of amides is 1. The normalized spacial score (nSPS) is 12.0. The molecule has 146 valence electrons. The number of aromatic nitrogens is 1. The van der Waals surface area contributed by atoms with Crippen LogP contribution >= 0.6 is 0 Å². The highest BCUT2D eigenvalue weighted by Gasteiger charge is 2.33. The van der Waals surface area contributed by atoms with E-state index in [0.29, 0.717) is 5.69 Å². The first-order valence-corrected chi connectivity index (χ1v) is 9.91. The van der Waals surface area contributed by atoms with Crippen LogP contribution in [-0.2, 0) is 16.0 Å². The van der Waals surface area contributed by atoms with Crippen molar-refractivity contribution in [2.75, 3.05) is 11.6 Å². The third kappa shape index (κ3) is 4.25. The highest BCUT2D eigenvalue weighted by atomic mass is 32.2. The third-order valence-corrected chi connectivity index (χ3v) is 5.14. The summed E-state index contributed by atoms with van der Waals surface area (Å²) in [4.78, 5) is 15.2. The molecule has 0 saturated heterocycles. The zero-order valence-electron chi connectivity index (χ0n) is 14.5. The molecular formula is C19H15F3N2O3S. The predicted octanol–water partition coefficient (Wildman–Crippen LogP) is 4.36.